The molecular formula is C25H32N5O8P. The van der Waals surface area contributed by atoms with Crippen LogP contribution < -0.4 is 15.4 Å². The molecule has 0 aliphatic carbocycles. The average molecular weight is 562 g/mol. The summed E-state index contributed by atoms with van der Waals surface area (Å²) >= 11 is 0. The maximum atomic E-state index is 12.8. The second kappa shape index (κ2) is 13.8. The first-order valence-corrected chi connectivity index (χ1v) is 14.0. The van der Waals surface area contributed by atoms with Gasteiger partial charge in [-0.15, -0.1) is 0 Å². The summed E-state index contributed by atoms with van der Waals surface area (Å²) in [5.74, 6) is 0.0472. The highest BCUT2D eigenvalue weighted by atomic mass is 31.2. The summed E-state index contributed by atoms with van der Waals surface area (Å²) in [4.78, 5) is 36.7. The Bertz CT molecular complexity index is 1360. The predicted molar refractivity (Wildman–Crippen MR) is 144 cm³/mol. The second-order valence-corrected chi connectivity index (χ2v) is 10.4. The first kappa shape index (κ1) is 29.8. The first-order chi connectivity index (χ1) is 18.6. The zero-order valence-corrected chi connectivity index (χ0v) is 23.1. The smallest absolute Gasteiger partial charge is 0.333 e. The fraction of sp³-hybridized carbons (Fsp3) is 0.400. The molecule has 0 fully saturated rings. The quantitative estimate of drug-likeness (QED) is 0.116. The molecule has 3 N–H and O–H groups in total. The molecule has 2 heterocycles. The van der Waals surface area contributed by atoms with Crippen LogP contribution in [0.3, 0.4) is 0 Å². The lowest BCUT2D eigenvalue weighted by molar-refractivity contribution is -0.159. The lowest BCUT2D eigenvalue weighted by Crippen LogP contribution is -2.30. The van der Waals surface area contributed by atoms with Crippen LogP contribution >= 0.6 is 7.60 Å². The van der Waals surface area contributed by atoms with Crippen LogP contribution in [-0.2, 0) is 23.1 Å². The summed E-state index contributed by atoms with van der Waals surface area (Å²) in [6, 6.07) is 7.65. The maximum Gasteiger partial charge on any atom is 0.333 e. The fourth-order valence-electron chi connectivity index (χ4n) is 3.56. The van der Waals surface area contributed by atoms with Gasteiger partial charge in [0.2, 0.25) is 6.29 Å². The van der Waals surface area contributed by atoms with E-state index in [2.05, 4.69) is 25.6 Å². The van der Waals surface area contributed by atoms with Gasteiger partial charge in [0.15, 0.2) is 17.1 Å². The number of phenolic OH excluding ortho intramolecular Hbond substituents is 1. The van der Waals surface area contributed by atoms with Crippen LogP contribution in [0.4, 0.5) is 10.6 Å². The predicted octanol–water partition coefficient (Wildman–Crippen LogP) is 4.46. The molecule has 3 aromatic rings. The molecule has 1 aromatic carbocycles. The van der Waals surface area contributed by atoms with Crippen molar-refractivity contribution in [3.8, 4) is 22.8 Å². The monoisotopic (exact) mass is 561 g/mol. The number of esters is 1. The minimum Gasteiger partial charge on any atom is -0.504 e. The summed E-state index contributed by atoms with van der Waals surface area (Å²) in [6.07, 6.45) is 1.64. The zero-order valence-electron chi connectivity index (χ0n) is 22.2. The number of carbonyl (C=O) groups excluding carboxylic acids is 2. The molecule has 2 amide bonds. The molecular weight excluding hydrogens is 529 g/mol. The van der Waals surface area contributed by atoms with Crippen molar-refractivity contribution in [1.29, 1.82) is 0 Å². The molecule has 0 saturated heterocycles. The second-order valence-electron chi connectivity index (χ2n) is 8.30. The van der Waals surface area contributed by atoms with E-state index in [0.29, 0.717) is 47.6 Å². The average Bonchev–Trinajstić information content (AvgIpc) is 2.88. The first-order valence-electron chi connectivity index (χ1n) is 12.3. The number of methoxy groups -OCH3 is 1. The number of rotatable bonds is 13. The molecule has 0 aliphatic heterocycles. The number of benzene rings is 1. The number of urea groups is 1. The third-order valence-corrected chi connectivity index (χ3v) is 7.37. The number of hydrogen-bond donors (Lipinski definition) is 3. The van der Waals surface area contributed by atoms with Crippen molar-refractivity contribution in [2.45, 2.75) is 39.9 Å². The number of nitrogens with one attached hydrogen (secondary N) is 2. The molecule has 0 aliphatic rings. The lowest BCUT2D eigenvalue weighted by atomic mass is 10.1. The Morgan fingerprint density at radius 2 is 1.95 bits per heavy atom. The van der Waals surface area contributed by atoms with Gasteiger partial charge in [-0.3, -0.25) is 24.2 Å². The van der Waals surface area contributed by atoms with Crippen molar-refractivity contribution in [2.24, 2.45) is 0 Å². The van der Waals surface area contributed by atoms with Gasteiger partial charge in [0.05, 0.1) is 31.8 Å². The van der Waals surface area contributed by atoms with E-state index in [9.17, 15) is 19.3 Å². The van der Waals surface area contributed by atoms with Gasteiger partial charge in [-0.25, -0.2) is 14.8 Å². The molecule has 0 radical (unpaired) electrons. The van der Waals surface area contributed by atoms with Crippen molar-refractivity contribution >= 4 is 36.6 Å². The number of pyridine rings is 1. The fourth-order valence-corrected chi connectivity index (χ4v) is 5.36. The third-order valence-electron chi connectivity index (χ3n) is 5.23. The molecule has 0 spiro atoms. The normalized spacial score (nSPS) is 13.3. The van der Waals surface area contributed by atoms with Crippen LogP contribution in [0.5, 0.6) is 11.5 Å². The van der Waals surface area contributed by atoms with Crippen molar-refractivity contribution in [1.82, 2.24) is 20.3 Å². The van der Waals surface area contributed by atoms with E-state index in [-0.39, 0.29) is 24.3 Å². The number of carbonyl (C=O) groups is 2. The molecule has 2 atom stereocenters. The lowest BCUT2D eigenvalue weighted by Gasteiger charge is -2.21. The Morgan fingerprint density at radius 1 is 1.15 bits per heavy atom. The summed E-state index contributed by atoms with van der Waals surface area (Å²) < 4.78 is 33.5. The topological polar surface area (TPSA) is 171 Å². The number of ether oxygens (including phenoxy) is 2. The highest BCUT2D eigenvalue weighted by Crippen LogP contribution is 2.50. The Labute approximate surface area is 225 Å². The van der Waals surface area contributed by atoms with E-state index < -0.39 is 25.9 Å². The van der Waals surface area contributed by atoms with Crippen LogP contribution in [-0.4, -0.2) is 64.8 Å². The van der Waals surface area contributed by atoms with E-state index in [0.717, 1.165) is 0 Å². The molecule has 2 aromatic heterocycles. The van der Waals surface area contributed by atoms with Crippen molar-refractivity contribution in [3.05, 3.63) is 36.5 Å². The number of amides is 2. The molecule has 3 rings (SSSR count). The van der Waals surface area contributed by atoms with E-state index in [4.69, 9.17) is 18.5 Å². The van der Waals surface area contributed by atoms with Gasteiger partial charge in [0.1, 0.15) is 11.3 Å². The number of aromatic nitrogens is 3. The van der Waals surface area contributed by atoms with Gasteiger partial charge in [-0.1, -0.05) is 0 Å². The minimum absolute atomic E-state index is 0.0103. The number of unbranched alkanes of at least 4 members (excludes halogenated alkanes) is 1. The van der Waals surface area contributed by atoms with Crippen molar-refractivity contribution in [2.75, 3.05) is 31.7 Å². The summed E-state index contributed by atoms with van der Waals surface area (Å²) in [6.45, 7) is 4.87. The SMILES string of the molecule is CCOP(=O)(CCCCNC(=O)Nc1ccc2ncc(-c3ccc(O)c(OC)c3)nc2n1)OC(C)OC(C)=O. The van der Waals surface area contributed by atoms with Crippen LogP contribution in [0, 0.1) is 0 Å². The zero-order chi connectivity index (χ0) is 28.4. The van der Waals surface area contributed by atoms with Gasteiger partial charge in [0, 0.05) is 19.0 Å². The van der Waals surface area contributed by atoms with Crippen molar-refractivity contribution in [3.63, 3.8) is 0 Å². The van der Waals surface area contributed by atoms with Crippen LogP contribution in [0.1, 0.15) is 33.6 Å². The van der Waals surface area contributed by atoms with Gasteiger partial charge in [0.25, 0.3) is 0 Å². The summed E-state index contributed by atoms with van der Waals surface area (Å²) in [7, 11) is -2.00. The third kappa shape index (κ3) is 8.88. The maximum absolute atomic E-state index is 12.8. The van der Waals surface area contributed by atoms with Gasteiger partial charge in [-0.2, -0.15) is 0 Å². The summed E-state index contributed by atoms with van der Waals surface area (Å²) in [5, 5.41) is 15.2. The van der Waals surface area contributed by atoms with Gasteiger partial charge in [-0.05, 0) is 57.0 Å². The summed E-state index contributed by atoms with van der Waals surface area (Å²) in [5.41, 5.74) is 2.06. The van der Waals surface area contributed by atoms with Gasteiger partial charge < -0.3 is 24.4 Å². The Kier molecular flexibility index (Phi) is 10.6. The number of nitrogens with zero attached hydrogens (tertiary/aromatic N) is 3. The molecule has 14 heteroatoms. The number of hydrogen-bond acceptors (Lipinski definition) is 11. The number of aromatic hydroxyl groups is 1. The molecule has 2 unspecified atom stereocenters. The minimum atomic E-state index is -3.46. The molecule has 13 nitrogen and oxygen atoms in total. The Hall–Kier alpha value is -3.80. The van der Waals surface area contributed by atoms with E-state index in [1.54, 1.807) is 37.4 Å². The molecule has 0 saturated carbocycles. The number of anilines is 1. The standard InChI is InChI=1S/C25H32N5O8P/c1-5-36-39(34,38-17(3)37-16(2)31)13-7-6-12-26-25(33)30-23-11-9-19-24(29-23)28-20(15-27-19)18-8-10-21(32)22(14-18)35-4/h8-11,14-15,17,32H,5-7,12-13H2,1-4H3,(H2,26,28,29,30,33). The van der Waals surface area contributed by atoms with Crippen LogP contribution in [0.25, 0.3) is 22.4 Å². The Balaban J connectivity index is 1.53. The van der Waals surface area contributed by atoms with Gasteiger partial charge >= 0.3 is 19.6 Å². The van der Waals surface area contributed by atoms with E-state index >= 15 is 0 Å². The van der Waals surface area contributed by atoms with E-state index in [1.165, 1.54) is 27.0 Å². The highest BCUT2D eigenvalue weighted by molar-refractivity contribution is 7.53. The van der Waals surface area contributed by atoms with Crippen LogP contribution in [0.15, 0.2) is 36.5 Å². The largest absolute Gasteiger partial charge is 0.504 e. The van der Waals surface area contributed by atoms with Crippen LogP contribution in [0.2, 0.25) is 0 Å². The molecule has 210 valence electrons. The number of fused-ring (bicyclic) bond motifs is 1. The highest BCUT2D eigenvalue weighted by Gasteiger charge is 2.27. The molecule has 0 bridgehead atoms. The Morgan fingerprint density at radius 3 is 2.67 bits per heavy atom. The molecule has 39 heavy (non-hydrogen) atoms. The van der Waals surface area contributed by atoms with Crippen molar-refractivity contribution < 1.29 is 37.8 Å². The number of phenols is 1. The van der Waals surface area contributed by atoms with E-state index in [1.807, 2.05) is 0 Å².